The minimum atomic E-state index is -0.891. The third-order valence-electron chi connectivity index (χ3n) is 2.98. The summed E-state index contributed by atoms with van der Waals surface area (Å²) in [6.07, 6.45) is 1.57. The Bertz CT molecular complexity index is 741. The van der Waals surface area contributed by atoms with E-state index in [1.807, 2.05) is 30.3 Å². The zero-order valence-corrected chi connectivity index (χ0v) is 11.0. The molecule has 0 saturated heterocycles. The van der Waals surface area contributed by atoms with Gasteiger partial charge in [0.05, 0.1) is 6.54 Å². The largest absolute Gasteiger partial charge is 0.446 e. The molecule has 3 rings (SSSR count). The maximum Gasteiger partial charge on any atom is 0.213 e. The van der Waals surface area contributed by atoms with Crippen molar-refractivity contribution < 1.29 is 13.2 Å². The quantitative estimate of drug-likeness (QED) is 0.780. The topological polar surface area (TPSA) is 38.1 Å². The Kier molecular flexibility index (Phi) is 3.64. The monoisotopic (exact) mass is 286 g/mol. The molecule has 0 aliphatic rings. The lowest BCUT2D eigenvalue weighted by Crippen LogP contribution is -2.00. The smallest absolute Gasteiger partial charge is 0.213 e. The third kappa shape index (κ3) is 3.08. The average molecular weight is 286 g/mol. The van der Waals surface area contributed by atoms with Crippen LogP contribution in [0.1, 0.15) is 5.89 Å². The van der Waals surface area contributed by atoms with Crippen molar-refractivity contribution in [1.29, 1.82) is 0 Å². The van der Waals surface area contributed by atoms with Crippen LogP contribution in [-0.4, -0.2) is 4.98 Å². The molecule has 1 N–H and O–H groups in total. The van der Waals surface area contributed by atoms with E-state index in [4.69, 9.17) is 4.42 Å². The molecule has 1 aromatic heterocycles. The highest BCUT2D eigenvalue weighted by atomic mass is 19.2. The van der Waals surface area contributed by atoms with E-state index < -0.39 is 11.6 Å². The van der Waals surface area contributed by atoms with E-state index in [1.165, 1.54) is 6.07 Å². The minimum absolute atomic E-state index is 0.290. The van der Waals surface area contributed by atoms with Crippen LogP contribution >= 0.6 is 0 Å². The zero-order valence-electron chi connectivity index (χ0n) is 11.0. The molecule has 3 aromatic rings. The Hall–Kier alpha value is -2.69. The molecular formula is C16H12F2N2O. The minimum Gasteiger partial charge on any atom is -0.446 e. The van der Waals surface area contributed by atoms with Crippen molar-refractivity contribution in [3.63, 3.8) is 0 Å². The summed E-state index contributed by atoms with van der Waals surface area (Å²) in [5.41, 5.74) is 2.16. The summed E-state index contributed by atoms with van der Waals surface area (Å²) in [6.45, 7) is 0.290. The SMILES string of the molecule is Fc1ccc(NCc2nc(-c3ccccc3)co2)cc1F. The first-order valence-electron chi connectivity index (χ1n) is 6.41. The Balaban J connectivity index is 1.69. The Morgan fingerprint density at radius 2 is 1.81 bits per heavy atom. The van der Waals surface area contributed by atoms with Crippen LogP contribution < -0.4 is 5.32 Å². The van der Waals surface area contributed by atoms with Crippen molar-refractivity contribution >= 4 is 5.69 Å². The Morgan fingerprint density at radius 3 is 2.57 bits per heavy atom. The molecular weight excluding hydrogens is 274 g/mol. The van der Waals surface area contributed by atoms with Gasteiger partial charge in [-0.15, -0.1) is 0 Å². The van der Waals surface area contributed by atoms with E-state index in [-0.39, 0.29) is 6.54 Å². The number of oxazole rings is 1. The summed E-state index contributed by atoms with van der Waals surface area (Å²) in [6, 6.07) is 13.3. The fraction of sp³-hybridized carbons (Fsp3) is 0.0625. The fourth-order valence-electron chi connectivity index (χ4n) is 1.92. The summed E-state index contributed by atoms with van der Waals surface area (Å²) < 4.78 is 31.2. The number of hydrogen-bond donors (Lipinski definition) is 1. The number of nitrogens with zero attached hydrogens (tertiary/aromatic N) is 1. The molecule has 0 atom stereocenters. The van der Waals surface area contributed by atoms with Crippen molar-refractivity contribution in [3.05, 3.63) is 72.3 Å². The van der Waals surface area contributed by atoms with Crippen molar-refractivity contribution in [3.8, 4) is 11.3 Å². The van der Waals surface area contributed by atoms with Gasteiger partial charge in [0.1, 0.15) is 12.0 Å². The molecule has 0 aliphatic heterocycles. The molecule has 3 nitrogen and oxygen atoms in total. The molecule has 21 heavy (non-hydrogen) atoms. The van der Waals surface area contributed by atoms with Crippen LogP contribution in [0.5, 0.6) is 0 Å². The molecule has 0 aliphatic carbocycles. The first-order valence-corrected chi connectivity index (χ1v) is 6.41. The number of rotatable bonds is 4. The first kappa shape index (κ1) is 13.3. The molecule has 5 heteroatoms. The van der Waals surface area contributed by atoms with Gasteiger partial charge < -0.3 is 9.73 Å². The summed E-state index contributed by atoms with van der Waals surface area (Å²) in [7, 11) is 0. The van der Waals surface area contributed by atoms with Crippen LogP contribution in [0, 0.1) is 11.6 Å². The van der Waals surface area contributed by atoms with Gasteiger partial charge in [-0.05, 0) is 12.1 Å². The lowest BCUT2D eigenvalue weighted by Gasteiger charge is -2.03. The van der Waals surface area contributed by atoms with Gasteiger partial charge in [-0.3, -0.25) is 0 Å². The zero-order chi connectivity index (χ0) is 14.7. The van der Waals surface area contributed by atoms with E-state index in [0.717, 1.165) is 23.4 Å². The average Bonchev–Trinajstić information content (AvgIpc) is 2.98. The van der Waals surface area contributed by atoms with Gasteiger partial charge >= 0.3 is 0 Å². The van der Waals surface area contributed by atoms with E-state index in [2.05, 4.69) is 10.3 Å². The van der Waals surface area contributed by atoms with Gasteiger partial charge in [0.2, 0.25) is 5.89 Å². The normalized spacial score (nSPS) is 10.6. The van der Waals surface area contributed by atoms with Crippen molar-refractivity contribution in [2.24, 2.45) is 0 Å². The predicted octanol–water partition coefficient (Wildman–Crippen LogP) is 4.23. The van der Waals surface area contributed by atoms with E-state index in [1.54, 1.807) is 6.26 Å². The van der Waals surface area contributed by atoms with E-state index in [0.29, 0.717) is 11.6 Å². The van der Waals surface area contributed by atoms with Gasteiger partial charge in [-0.2, -0.15) is 0 Å². The number of anilines is 1. The lowest BCUT2D eigenvalue weighted by molar-refractivity contribution is 0.502. The molecule has 0 radical (unpaired) electrons. The van der Waals surface area contributed by atoms with Crippen LogP contribution in [0.15, 0.2) is 59.2 Å². The number of benzene rings is 2. The molecule has 0 spiro atoms. The maximum absolute atomic E-state index is 13.1. The van der Waals surface area contributed by atoms with Gasteiger partial charge in [-0.1, -0.05) is 30.3 Å². The maximum atomic E-state index is 13.1. The lowest BCUT2D eigenvalue weighted by atomic mass is 10.2. The van der Waals surface area contributed by atoms with Crippen LogP contribution in [0.25, 0.3) is 11.3 Å². The highest BCUT2D eigenvalue weighted by Gasteiger charge is 2.07. The first-order chi connectivity index (χ1) is 10.2. The van der Waals surface area contributed by atoms with Crippen LogP contribution in [0.4, 0.5) is 14.5 Å². The second kappa shape index (κ2) is 5.75. The standard InChI is InChI=1S/C16H12F2N2O/c17-13-7-6-12(8-14(13)18)19-9-16-20-15(10-21-16)11-4-2-1-3-5-11/h1-8,10,19H,9H2. The molecule has 0 fully saturated rings. The van der Waals surface area contributed by atoms with Crippen molar-refractivity contribution in [2.75, 3.05) is 5.32 Å². The van der Waals surface area contributed by atoms with Gasteiger partial charge in [0.25, 0.3) is 0 Å². The second-order valence-electron chi connectivity index (χ2n) is 4.47. The fourth-order valence-corrected chi connectivity index (χ4v) is 1.92. The van der Waals surface area contributed by atoms with Gasteiger partial charge in [0.15, 0.2) is 11.6 Å². The van der Waals surface area contributed by atoms with Crippen LogP contribution in [0.3, 0.4) is 0 Å². The summed E-state index contributed by atoms with van der Waals surface area (Å²) in [4.78, 5) is 4.34. The Morgan fingerprint density at radius 1 is 1.00 bits per heavy atom. The summed E-state index contributed by atoms with van der Waals surface area (Å²) in [5, 5.41) is 2.93. The molecule has 1 heterocycles. The van der Waals surface area contributed by atoms with Gasteiger partial charge in [-0.25, -0.2) is 13.8 Å². The van der Waals surface area contributed by atoms with E-state index >= 15 is 0 Å². The molecule has 0 amide bonds. The molecule has 0 saturated carbocycles. The highest BCUT2D eigenvalue weighted by Crippen LogP contribution is 2.19. The number of hydrogen-bond acceptors (Lipinski definition) is 3. The molecule has 0 bridgehead atoms. The molecule has 106 valence electrons. The molecule has 2 aromatic carbocycles. The number of nitrogens with one attached hydrogen (secondary N) is 1. The number of halogens is 2. The van der Waals surface area contributed by atoms with Crippen molar-refractivity contribution in [2.45, 2.75) is 6.54 Å². The molecule has 0 unspecified atom stereocenters. The second-order valence-corrected chi connectivity index (χ2v) is 4.47. The Labute approximate surface area is 120 Å². The van der Waals surface area contributed by atoms with E-state index in [9.17, 15) is 8.78 Å². The van der Waals surface area contributed by atoms with Crippen molar-refractivity contribution in [1.82, 2.24) is 4.98 Å². The summed E-state index contributed by atoms with van der Waals surface area (Å²) in [5.74, 6) is -1.29. The van der Waals surface area contributed by atoms with Gasteiger partial charge in [0, 0.05) is 17.3 Å². The summed E-state index contributed by atoms with van der Waals surface area (Å²) >= 11 is 0. The third-order valence-corrected chi connectivity index (χ3v) is 2.98. The van der Waals surface area contributed by atoms with Crippen LogP contribution in [0.2, 0.25) is 0 Å². The number of aromatic nitrogens is 1. The predicted molar refractivity (Wildman–Crippen MR) is 75.6 cm³/mol. The van der Waals surface area contributed by atoms with Crippen LogP contribution in [-0.2, 0) is 6.54 Å². The highest BCUT2D eigenvalue weighted by molar-refractivity contribution is 5.57.